The third-order valence-corrected chi connectivity index (χ3v) is 3.28. The molecule has 4 nitrogen and oxygen atoms in total. The standard InChI is InChI=1S/C8H4BrNO3S/c9-4-1-6(14-3-4)7-5(8(11)12)2-10-13-7/h1-3H,(H,11,12). The van der Waals surface area contributed by atoms with Gasteiger partial charge in [0, 0.05) is 9.85 Å². The lowest BCUT2D eigenvalue weighted by Gasteiger charge is -1.90. The predicted molar refractivity (Wildman–Crippen MR) is 54.5 cm³/mol. The monoisotopic (exact) mass is 273 g/mol. The second-order valence-corrected chi connectivity index (χ2v) is 4.33. The van der Waals surface area contributed by atoms with Crippen molar-refractivity contribution < 1.29 is 14.4 Å². The van der Waals surface area contributed by atoms with E-state index in [0.29, 0.717) is 5.76 Å². The van der Waals surface area contributed by atoms with Crippen LogP contribution in [0.15, 0.2) is 26.6 Å². The van der Waals surface area contributed by atoms with E-state index in [-0.39, 0.29) is 5.56 Å². The molecule has 0 bridgehead atoms. The molecule has 0 radical (unpaired) electrons. The van der Waals surface area contributed by atoms with Crippen molar-refractivity contribution in [1.82, 2.24) is 5.16 Å². The lowest BCUT2D eigenvalue weighted by atomic mass is 10.2. The fraction of sp³-hybridized carbons (Fsp3) is 0. The Labute approximate surface area is 91.3 Å². The van der Waals surface area contributed by atoms with Gasteiger partial charge in [-0.2, -0.15) is 0 Å². The average molecular weight is 274 g/mol. The quantitative estimate of drug-likeness (QED) is 0.914. The first-order chi connectivity index (χ1) is 6.68. The van der Waals surface area contributed by atoms with Gasteiger partial charge < -0.3 is 9.63 Å². The number of carboxylic acid groups (broad SMARTS) is 1. The van der Waals surface area contributed by atoms with Crippen molar-refractivity contribution in [2.24, 2.45) is 0 Å². The van der Waals surface area contributed by atoms with Crippen molar-refractivity contribution in [3.05, 3.63) is 27.7 Å². The zero-order valence-corrected chi connectivity index (χ0v) is 9.13. The lowest BCUT2D eigenvalue weighted by molar-refractivity contribution is 0.0697. The second kappa shape index (κ2) is 3.55. The molecule has 2 aromatic heterocycles. The number of aromatic carboxylic acids is 1. The van der Waals surface area contributed by atoms with Crippen LogP contribution in [0.4, 0.5) is 0 Å². The van der Waals surface area contributed by atoms with Gasteiger partial charge in [-0.05, 0) is 22.0 Å². The molecular weight excluding hydrogens is 270 g/mol. The molecule has 2 aromatic rings. The van der Waals surface area contributed by atoms with E-state index in [1.807, 2.05) is 5.38 Å². The smallest absolute Gasteiger partial charge is 0.341 e. The molecule has 0 aliphatic carbocycles. The Morgan fingerprint density at radius 2 is 2.43 bits per heavy atom. The van der Waals surface area contributed by atoms with Gasteiger partial charge in [-0.1, -0.05) is 5.16 Å². The Kier molecular flexibility index (Phi) is 2.39. The molecule has 2 rings (SSSR count). The van der Waals surface area contributed by atoms with Crippen LogP contribution in [0, 0.1) is 0 Å². The zero-order chi connectivity index (χ0) is 10.1. The van der Waals surface area contributed by atoms with Crippen LogP contribution in [0.2, 0.25) is 0 Å². The Bertz CT molecular complexity index is 476. The second-order valence-electron chi connectivity index (χ2n) is 2.50. The molecule has 2 heterocycles. The molecule has 14 heavy (non-hydrogen) atoms. The van der Waals surface area contributed by atoms with Crippen molar-refractivity contribution in [3.63, 3.8) is 0 Å². The van der Waals surface area contributed by atoms with Gasteiger partial charge in [-0.15, -0.1) is 11.3 Å². The summed E-state index contributed by atoms with van der Waals surface area (Å²) >= 11 is 4.68. The van der Waals surface area contributed by atoms with Crippen LogP contribution >= 0.6 is 27.3 Å². The third-order valence-electron chi connectivity index (χ3n) is 1.59. The first-order valence-corrected chi connectivity index (χ1v) is 5.28. The molecule has 0 fully saturated rings. The summed E-state index contributed by atoms with van der Waals surface area (Å²) in [6.07, 6.45) is 1.20. The lowest BCUT2D eigenvalue weighted by Crippen LogP contribution is -1.94. The maximum Gasteiger partial charge on any atom is 0.341 e. The van der Waals surface area contributed by atoms with Crippen LogP contribution in [0.25, 0.3) is 10.6 Å². The number of nitrogens with zero attached hydrogens (tertiary/aromatic N) is 1. The molecule has 1 N–H and O–H groups in total. The maximum atomic E-state index is 10.8. The highest BCUT2D eigenvalue weighted by atomic mass is 79.9. The molecule has 0 amide bonds. The number of hydrogen-bond acceptors (Lipinski definition) is 4. The SMILES string of the molecule is O=C(O)c1cnoc1-c1cc(Br)cs1. The normalized spacial score (nSPS) is 10.4. The van der Waals surface area contributed by atoms with Gasteiger partial charge in [0.15, 0.2) is 5.76 Å². The fourth-order valence-corrected chi connectivity index (χ4v) is 2.42. The van der Waals surface area contributed by atoms with Crippen LogP contribution < -0.4 is 0 Å². The highest BCUT2D eigenvalue weighted by molar-refractivity contribution is 9.10. The first kappa shape index (κ1) is 9.42. The minimum absolute atomic E-state index is 0.0827. The van der Waals surface area contributed by atoms with Gasteiger partial charge in [-0.25, -0.2) is 4.79 Å². The van der Waals surface area contributed by atoms with E-state index in [0.717, 1.165) is 9.35 Å². The van der Waals surface area contributed by atoms with E-state index in [9.17, 15) is 4.79 Å². The molecule has 0 saturated heterocycles. The minimum atomic E-state index is -1.04. The molecule has 0 aliphatic heterocycles. The molecule has 0 spiro atoms. The number of rotatable bonds is 2. The Morgan fingerprint density at radius 3 is 3.00 bits per heavy atom. The number of carboxylic acids is 1. The van der Waals surface area contributed by atoms with Crippen LogP contribution in [-0.2, 0) is 0 Å². The topological polar surface area (TPSA) is 63.3 Å². The summed E-state index contributed by atoms with van der Waals surface area (Å²) < 4.78 is 5.78. The van der Waals surface area contributed by atoms with Gasteiger partial charge in [0.05, 0.1) is 11.1 Å². The maximum absolute atomic E-state index is 10.8. The van der Waals surface area contributed by atoms with E-state index in [4.69, 9.17) is 9.63 Å². The number of thiophene rings is 1. The van der Waals surface area contributed by atoms with Gasteiger partial charge in [0.2, 0.25) is 0 Å². The summed E-state index contributed by atoms with van der Waals surface area (Å²) in [6, 6.07) is 1.79. The molecule has 6 heteroatoms. The van der Waals surface area contributed by atoms with Gasteiger partial charge in [0.1, 0.15) is 5.56 Å². The largest absolute Gasteiger partial charge is 0.477 e. The molecular formula is C8H4BrNO3S. The molecule has 0 aliphatic rings. The van der Waals surface area contributed by atoms with Gasteiger partial charge in [0.25, 0.3) is 0 Å². The van der Waals surface area contributed by atoms with Crippen molar-refractivity contribution in [2.75, 3.05) is 0 Å². The summed E-state index contributed by atoms with van der Waals surface area (Å²) in [7, 11) is 0. The highest BCUT2D eigenvalue weighted by Crippen LogP contribution is 2.31. The van der Waals surface area contributed by atoms with E-state index < -0.39 is 5.97 Å². The van der Waals surface area contributed by atoms with Crippen LogP contribution in [0.5, 0.6) is 0 Å². The Hall–Kier alpha value is -1.14. The summed E-state index contributed by atoms with van der Waals surface area (Å²) in [5.74, 6) is -0.737. The number of halogens is 1. The first-order valence-electron chi connectivity index (χ1n) is 3.61. The summed E-state index contributed by atoms with van der Waals surface area (Å²) in [5.41, 5.74) is 0.0827. The van der Waals surface area contributed by atoms with E-state index in [2.05, 4.69) is 21.1 Å². The van der Waals surface area contributed by atoms with Crippen molar-refractivity contribution in [1.29, 1.82) is 0 Å². The Morgan fingerprint density at radius 1 is 1.64 bits per heavy atom. The van der Waals surface area contributed by atoms with Crippen molar-refractivity contribution >= 4 is 33.2 Å². The number of carbonyl (C=O) groups is 1. The minimum Gasteiger partial charge on any atom is -0.477 e. The van der Waals surface area contributed by atoms with E-state index >= 15 is 0 Å². The molecule has 0 aromatic carbocycles. The fourth-order valence-electron chi connectivity index (χ4n) is 1.00. The zero-order valence-electron chi connectivity index (χ0n) is 6.73. The van der Waals surface area contributed by atoms with Crippen molar-refractivity contribution in [2.45, 2.75) is 0 Å². The van der Waals surface area contributed by atoms with Crippen LogP contribution in [0.3, 0.4) is 0 Å². The van der Waals surface area contributed by atoms with Crippen LogP contribution in [-0.4, -0.2) is 16.2 Å². The molecule has 0 atom stereocenters. The highest BCUT2D eigenvalue weighted by Gasteiger charge is 2.17. The summed E-state index contributed by atoms with van der Waals surface area (Å²) in [4.78, 5) is 11.5. The van der Waals surface area contributed by atoms with E-state index in [1.165, 1.54) is 17.5 Å². The van der Waals surface area contributed by atoms with Crippen LogP contribution in [0.1, 0.15) is 10.4 Å². The molecule has 0 unspecified atom stereocenters. The van der Waals surface area contributed by atoms with E-state index in [1.54, 1.807) is 6.07 Å². The average Bonchev–Trinajstić information content (AvgIpc) is 2.70. The third kappa shape index (κ3) is 1.58. The van der Waals surface area contributed by atoms with Gasteiger partial charge >= 0.3 is 5.97 Å². The van der Waals surface area contributed by atoms with Crippen molar-refractivity contribution in [3.8, 4) is 10.6 Å². The number of hydrogen-bond donors (Lipinski definition) is 1. The van der Waals surface area contributed by atoms with Gasteiger partial charge in [-0.3, -0.25) is 0 Å². The molecule has 72 valence electrons. The number of aromatic nitrogens is 1. The Balaban J connectivity index is 2.51. The summed E-state index contributed by atoms with van der Waals surface area (Å²) in [6.45, 7) is 0. The predicted octanol–water partition coefficient (Wildman–Crippen LogP) is 2.86. The summed E-state index contributed by atoms with van der Waals surface area (Å²) in [5, 5.41) is 14.1. The molecule has 0 saturated carbocycles.